The fraction of sp³-hybridized carbons (Fsp3) is 0.176. The molecule has 0 N–H and O–H groups in total. The van der Waals surface area contributed by atoms with Gasteiger partial charge in [0, 0.05) is 0 Å². The van der Waals surface area contributed by atoms with E-state index in [1.54, 1.807) is 121 Å². The SMILES string of the molecule is O=C(OC[C@H]1OC[C@H](OC(=O)c2ccccc2)[C@H](OC(=O)c2ccccc2)[C@@H]1OC(=O)c1ccccc1)c1ccccc1. The van der Waals surface area contributed by atoms with Gasteiger partial charge >= 0.3 is 23.9 Å². The molecule has 1 fully saturated rings. The fourth-order valence-corrected chi connectivity index (χ4v) is 4.49. The lowest BCUT2D eigenvalue weighted by Gasteiger charge is -2.40. The van der Waals surface area contributed by atoms with Crippen LogP contribution in [0.3, 0.4) is 0 Å². The van der Waals surface area contributed by atoms with Gasteiger partial charge in [-0.25, -0.2) is 19.2 Å². The summed E-state index contributed by atoms with van der Waals surface area (Å²) in [6.07, 6.45) is -4.83. The minimum atomic E-state index is -1.31. The number of carbonyl (C=O) groups excluding carboxylic acids is 4. The highest BCUT2D eigenvalue weighted by molar-refractivity contribution is 5.91. The molecule has 0 amide bonds. The van der Waals surface area contributed by atoms with E-state index in [0.717, 1.165) is 0 Å². The Bertz CT molecular complexity index is 1530. The van der Waals surface area contributed by atoms with Gasteiger partial charge in [0.2, 0.25) is 0 Å². The maximum absolute atomic E-state index is 13.2. The van der Waals surface area contributed by atoms with Gasteiger partial charge in [-0.05, 0) is 48.5 Å². The first-order chi connectivity index (χ1) is 21.0. The minimum Gasteiger partial charge on any atom is -0.459 e. The van der Waals surface area contributed by atoms with Crippen LogP contribution < -0.4 is 0 Å². The summed E-state index contributed by atoms with van der Waals surface area (Å²) < 4.78 is 29.0. The molecule has 0 saturated carbocycles. The highest BCUT2D eigenvalue weighted by Gasteiger charge is 2.48. The van der Waals surface area contributed by atoms with E-state index in [4.69, 9.17) is 23.7 Å². The number of benzene rings is 4. The molecule has 218 valence electrons. The van der Waals surface area contributed by atoms with Crippen molar-refractivity contribution in [2.75, 3.05) is 13.2 Å². The monoisotopic (exact) mass is 580 g/mol. The standard InChI is InChI=1S/C34H28O9/c35-31(23-13-5-1-6-14-23)40-21-27-29(42-33(37)25-17-9-3-10-18-25)30(43-34(38)26-19-11-4-12-20-26)28(22-39-27)41-32(36)24-15-7-2-8-16-24/h1-20,27-30H,21-22H2/t27-,28+,29-,30+/m1/s1. The number of carbonyl (C=O) groups is 4. The van der Waals surface area contributed by atoms with Gasteiger partial charge in [0.1, 0.15) is 12.7 Å². The van der Waals surface area contributed by atoms with E-state index < -0.39 is 48.3 Å². The van der Waals surface area contributed by atoms with Crippen LogP contribution >= 0.6 is 0 Å². The normalized spacial score (nSPS) is 19.4. The van der Waals surface area contributed by atoms with Gasteiger partial charge in [0.05, 0.1) is 28.9 Å². The molecule has 5 rings (SSSR count). The molecule has 9 nitrogen and oxygen atoms in total. The summed E-state index contributed by atoms with van der Waals surface area (Å²) in [5, 5.41) is 0. The molecule has 0 unspecified atom stereocenters. The molecule has 4 aromatic carbocycles. The summed E-state index contributed by atoms with van der Waals surface area (Å²) in [7, 11) is 0. The number of rotatable bonds is 9. The predicted octanol–water partition coefficient (Wildman–Crippen LogP) is 4.92. The van der Waals surface area contributed by atoms with Gasteiger partial charge in [-0.1, -0.05) is 72.8 Å². The Morgan fingerprint density at radius 3 is 1.33 bits per heavy atom. The summed E-state index contributed by atoms with van der Waals surface area (Å²) in [6, 6.07) is 33.1. The first-order valence-corrected chi connectivity index (χ1v) is 13.6. The Morgan fingerprint density at radius 2 is 0.884 bits per heavy atom. The van der Waals surface area contributed by atoms with Gasteiger partial charge in [-0.2, -0.15) is 0 Å². The molecule has 0 spiro atoms. The number of ether oxygens (including phenoxy) is 5. The average molecular weight is 581 g/mol. The topological polar surface area (TPSA) is 114 Å². The van der Waals surface area contributed by atoms with E-state index in [9.17, 15) is 19.2 Å². The Hall–Kier alpha value is -5.28. The fourth-order valence-electron chi connectivity index (χ4n) is 4.49. The molecule has 0 aromatic heterocycles. The summed E-state index contributed by atoms with van der Waals surface area (Å²) in [4.78, 5) is 52.2. The third-order valence-corrected chi connectivity index (χ3v) is 6.69. The third kappa shape index (κ3) is 7.52. The maximum Gasteiger partial charge on any atom is 0.338 e. The van der Waals surface area contributed by atoms with Crippen molar-refractivity contribution in [2.45, 2.75) is 24.4 Å². The highest BCUT2D eigenvalue weighted by Crippen LogP contribution is 2.27. The molecular formula is C34H28O9. The zero-order chi connectivity index (χ0) is 30.0. The van der Waals surface area contributed by atoms with Crippen molar-refractivity contribution < 1.29 is 42.9 Å². The maximum atomic E-state index is 13.2. The first-order valence-electron chi connectivity index (χ1n) is 13.6. The van der Waals surface area contributed by atoms with Gasteiger partial charge in [0.15, 0.2) is 18.3 Å². The molecule has 1 heterocycles. The summed E-state index contributed by atoms with van der Waals surface area (Å²) >= 11 is 0. The molecule has 9 heteroatoms. The second-order valence-corrected chi connectivity index (χ2v) is 9.62. The Labute approximate surface area is 247 Å². The van der Waals surface area contributed by atoms with E-state index in [-0.39, 0.29) is 29.9 Å². The molecule has 43 heavy (non-hydrogen) atoms. The Balaban J connectivity index is 1.44. The van der Waals surface area contributed by atoms with Crippen LogP contribution in [0.15, 0.2) is 121 Å². The Kier molecular flexibility index (Phi) is 9.56. The molecule has 0 bridgehead atoms. The van der Waals surface area contributed by atoms with Crippen molar-refractivity contribution in [1.82, 2.24) is 0 Å². The smallest absolute Gasteiger partial charge is 0.338 e. The lowest BCUT2D eigenvalue weighted by Crippen LogP contribution is -2.59. The first kappa shape index (κ1) is 29.2. The van der Waals surface area contributed by atoms with Crippen LogP contribution in [0.5, 0.6) is 0 Å². The summed E-state index contributed by atoms with van der Waals surface area (Å²) in [5.41, 5.74) is 1.06. The average Bonchev–Trinajstić information content (AvgIpc) is 3.07. The van der Waals surface area contributed by atoms with Crippen molar-refractivity contribution in [3.8, 4) is 0 Å². The van der Waals surface area contributed by atoms with Crippen molar-refractivity contribution in [3.63, 3.8) is 0 Å². The van der Waals surface area contributed by atoms with Gasteiger partial charge in [-0.3, -0.25) is 0 Å². The third-order valence-electron chi connectivity index (χ3n) is 6.69. The Morgan fingerprint density at radius 1 is 0.512 bits per heavy atom. The number of esters is 4. The summed E-state index contributed by atoms with van der Waals surface area (Å²) in [5.74, 6) is -2.76. The number of hydrogen-bond donors (Lipinski definition) is 0. The zero-order valence-electron chi connectivity index (χ0n) is 22.9. The van der Waals surface area contributed by atoms with Crippen molar-refractivity contribution in [2.24, 2.45) is 0 Å². The van der Waals surface area contributed by atoms with Crippen molar-refractivity contribution >= 4 is 23.9 Å². The highest BCUT2D eigenvalue weighted by atomic mass is 16.7. The van der Waals surface area contributed by atoms with E-state index in [1.807, 2.05) is 0 Å². The molecular weight excluding hydrogens is 552 g/mol. The van der Waals surface area contributed by atoms with Gasteiger partial charge < -0.3 is 23.7 Å². The van der Waals surface area contributed by atoms with E-state index in [2.05, 4.69) is 0 Å². The van der Waals surface area contributed by atoms with E-state index in [0.29, 0.717) is 5.56 Å². The molecule has 1 saturated heterocycles. The van der Waals surface area contributed by atoms with Crippen LogP contribution in [0, 0.1) is 0 Å². The van der Waals surface area contributed by atoms with Crippen LogP contribution in [0.25, 0.3) is 0 Å². The van der Waals surface area contributed by atoms with Crippen LogP contribution in [-0.2, 0) is 23.7 Å². The second kappa shape index (κ2) is 14.1. The molecule has 0 radical (unpaired) electrons. The summed E-state index contributed by atoms with van der Waals surface area (Å²) in [6.45, 7) is -0.558. The van der Waals surface area contributed by atoms with Crippen LogP contribution in [0.2, 0.25) is 0 Å². The molecule has 0 aliphatic carbocycles. The minimum absolute atomic E-state index is 0.224. The van der Waals surface area contributed by atoms with Crippen LogP contribution in [0.4, 0.5) is 0 Å². The van der Waals surface area contributed by atoms with Crippen molar-refractivity contribution in [3.05, 3.63) is 144 Å². The quantitative estimate of drug-likeness (QED) is 0.201. The molecule has 4 atom stereocenters. The van der Waals surface area contributed by atoms with Gasteiger partial charge in [0.25, 0.3) is 0 Å². The molecule has 1 aliphatic rings. The van der Waals surface area contributed by atoms with E-state index >= 15 is 0 Å². The van der Waals surface area contributed by atoms with E-state index in [1.165, 1.54) is 0 Å². The van der Waals surface area contributed by atoms with Crippen LogP contribution in [-0.4, -0.2) is 61.5 Å². The van der Waals surface area contributed by atoms with Gasteiger partial charge in [-0.15, -0.1) is 0 Å². The molecule has 1 aliphatic heterocycles. The lowest BCUT2D eigenvalue weighted by molar-refractivity contribution is -0.197. The molecule has 4 aromatic rings. The predicted molar refractivity (Wildman–Crippen MR) is 153 cm³/mol. The zero-order valence-corrected chi connectivity index (χ0v) is 22.9. The largest absolute Gasteiger partial charge is 0.459 e. The van der Waals surface area contributed by atoms with Crippen LogP contribution in [0.1, 0.15) is 41.4 Å². The number of hydrogen-bond acceptors (Lipinski definition) is 9. The second-order valence-electron chi connectivity index (χ2n) is 9.62. The lowest BCUT2D eigenvalue weighted by atomic mass is 9.99. The van der Waals surface area contributed by atoms with Crippen molar-refractivity contribution in [1.29, 1.82) is 0 Å².